The molecule has 1 aromatic carbocycles. The van der Waals surface area contributed by atoms with Gasteiger partial charge in [-0.3, -0.25) is 0 Å². The van der Waals surface area contributed by atoms with Crippen LogP contribution >= 0.6 is 0 Å². The summed E-state index contributed by atoms with van der Waals surface area (Å²) in [5, 5.41) is 11.8. The van der Waals surface area contributed by atoms with Crippen LogP contribution in [-0.2, 0) is 19.8 Å². The number of nitrogens with zero attached hydrogens (tertiary/aromatic N) is 1. The van der Waals surface area contributed by atoms with Gasteiger partial charge in [-0.2, -0.15) is 0 Å². The van der Waals surface area contributed by atoms with Gasteiger partial charge >= 0.3 is 0 Å². The minimum absolute atomic E-state index is 0.252. The van der Waals surface area contributed by atoms with Crippen molar-refractivity contribution in [2.24, 2.45) is 11.8 Å². The fourth-order valence-corrected chi connectivity index (χ4v) is 6.15. The van der Waals surface area contributed by atoms with Gasteiger partial charge in [0.05, 0.1) is 39.5 Å². The van der Waals surface area contributed by atoms with Crippen molar-refractivity contribution >= 4 is 0 Å². The highest BCUT2D eigenvalue weighted by atomic mass is 16.5. The van der Waals surface area contributed by atoms with Gasteiger partial charge in [0.15, 0.2) is 0 Å². The number of ether oxygens (including phenoxy) is 3. The maximum atomic E-state index is 11.8. The lowest BCUT2D eigenvalue weighted by Gasteiger charge is -2.52. The molecular formula is C26H42NO4+. The summed E-state index contributed by atoms with van der Waals surface area (Å²) in [5.74, 6) is 0.945. The van der Waals surface area contributed by atoms with Crippen molar-refractivity contribution in [3.63, 3.8) is 0 Å². The highest BCUT2D eigenvalue weighted by molar-refractivity contribution is 5.24. The van der Waals surface area contributed by atoms with E-state index < -0.39 is 5.60 Å². The number of rotatable bonds is 12. The fourth-order valence-electron chi connectivity index (χ4n) is 6.15. The monoisotopic (exact) mass is 432 g/mol. The van der Waals surface area contributed by atoms with E-state index in [1.165, 1.54) is 38.8 Å². The van der Waals surface area contributed by atoms with Gasteiger partial charge in [-0.15, -0.1) is 0 Å². The Labute approximate surface area is 188 Å². The Kier molecular flexibility index (Phi) is 8.05. The summed E-state index contributed by atoms with van der Waals surface area (Å²) >= 11 is 0. The van der Waals surface area contributed by atoms with Crippen LogP contribution in [0.15, 0.2) is 30.3 Å². The van der Waals surface area contributed by atoms with E-state index in [0.29, 0.717) is 31.7 Å². The van der Waals surface area contributed by atoms with Gasteiger partial charge in [-0.1, -0.05) is 43.2 Å². The molecule has 3 heterocycles. The summed E-state index contributed by atoms with van der Waals surface area (Å²) in [5.41, 5.74) is 0.159. The molecule has 0 amide bonds. The molecule has 0 radical (unpaired) electrons. The maximum Gasteiger partial charge on any atom is 0.116 e. The van der Waals surface area contributed by atoms with Gasteiger partial charge in [0.2, 0.25) is 0 Å². The third-order valence-corrected chi connectivity index (χ3v) is 8.15. The molecule has 5 heteroatoms. The van der Waals surface area contributed by atoms with E-state index in [-0.39, 0.29) is 6.10 Å². The van der Waals surface area contributed by atoms with Gasteiger partial charge in [-0.05, 0) is 31.2 Å². The molecular weight excluding hydrogens is 390 g/mol. The van der Waals surface area contributed by atoms with Crippen molar-refractivity contribution in [3.05, 3.63) is 35.9 Å². The zero-order valence-corrected chi connectivity index (χ0v) is 19.3. The molecule has 4 fully saturated rings. The number of hydrogen-bond donors (Lipinski definition) is 1. The van der Waals surface area contributed by atoms with Gasteiger partial charge < -0.3 is 23.8 Å². The first-order valence-corrected chi connectivity index (χ1v) is 12.6. The number of piperidine rings is 3. The lowest BCUT2D eigenvalue weighted by atomic mass is 9.80. The highest BCUT2D eigenvalue weighted by Crippen LogP contribution is 2.42. The van der Waals surface area contributed by atoms with Crippen molar-refractivity contribution in [1.29, 1.82) is 0 Å². The molecule has 4 aliphatic rings. The molecule has 0 aromatic heterocycles. The molecule has 0 spiro atoms. The van der Waals surface area contributed by atoms with Crippen molar-refractivity contribution in [2.45, 2.75) is 57.2 Å². The van der Waals surface area contributed by atoms with Gasteiger partial charge in [-0.25, -0.2) is 0 Å². The highest BCUT2D eigenvalue weighted by Gasteiger charge is 2.48. The van der Waals surface area contributed by atoms with Crippen molar-refractivity contribution in [1.82, 2.24) is 0 Å². The Morgan fingerprint density at radius 1 is 0.968 bits per heavy atom. The van der Waals surface area contributed by atoms with Crippen LogP contribution in [-0.4, -0.2) is 74.9 Å². The Bertz CT molecular complexity index is 655. The average molecular weight is 433 g/mol. The largest absolute Gasteiger partial charge is 0.382 e. The zero-order chi connectivity index (χ0) is 21.6. The van der Waals surface area contributed by atoms with Crippen molar-refractivity contribution in [3.8, 4) is 0 Å². The normalized spacial score (nSPS) is 30.5. The first kappa shape index (κ1) is 23.2. The molecule has 5 rings (SSSR count). The van der Waals surface area contributed by atoms with Crippen LogP contribution < -0.4 is 0 Å². The molecule has 174 valence electrons. The SMILES string of the molecule is CCOCCOCC[N+]12CCC(CC1)[C@@H](OCC(O)(c1ccccc1)C1CCCC1)C2. The Hall–Kier alpha value is -0.980. The third-order valence-electron chi connectivity index (χ3n) is 8.15. The minimum atomic E-state index is -0.864. The first-order valence-electron chi connectivity index (χ1n) is 12.6. The number of benzene rings is 1. The molecule has 5 nitrogen and oxygen atoms in total. The molecule has 1 unspecified atom stereocenters. The lowest BCUT2D eigenvalue weighted by molar-refractivity contribution is -0.946. The number of fused-ring (bicyclic) bond motifs is 3. The molecule has 2 atom stereocenters. The van der Waals surface area contributed by atoms with Crippen molar-refractivity contribution < 1.29 is 23.8 Å². The predicted octanol–water partition coefficient (Wildman–Crippen LogP) is 3.74. The van der Waals surface area contributed by atoms with E-state index >= 15 is 0 Å². The van der Waals surface area contributed by atoms with E-state index in [2.05, 4.69) is 12.1 Å². The summed E-state index contributed by atoms with van der Waals surface area (Å²) in [7, 11) is 0. The van der Waals surface area contributed by atoms with E-state index in [9.17, 15) is 5.11 Å². The second-order valence-corrected chi connectivity index (χ2v) is 9.96. The lowest BCUT2D eigenvalue weighted by Crippen LogP contribution is -2.65. The summed E-state index contributed by atoms with van der Waals surface area (Å²) < 4.78 is 18.9. The molecule has 1 aromatic rings. The van der Waals surface area contributed by atoms with Crippen LogP contribution in [0.5, 0.6) is 0 Å². The minimum Gasteiger partial charge on any atom is -0.382 e. The first-order chi connectivity index (χ1) is 15.2. The molecule has 2 bridgehead atoms. The molecule has 3 aliphatic heterocycles. The number of hydrogen-bond acceptors (Lipinski definition) is 4. The standard InChI is InChI=1S/C26H42NO4/c1-2-29-18-19-30-17-16-27-14-12-22(13-15-27)25(20-27)31-21-26(28,24-10-6-7-11-24)23-8-4-3-5-9-23/h3-5,8-9,22,24-25,28H,2,6-7,10-21H2,1H3/q+1/t22?,25-,26?,27?/m0/s1. The van der Waals surface area contributed by atoms with Crippen LogP contribution in [0.3, 0.4) is 0 Å². The van der Waals surface area contributed by atoms with Gasteiger partial charge in [0.25, 0.3) is 0 Å². The average Bonchev–Trinajstić information content (AvgIpc) is 3.37. The van der Waals surface area contributed by atoms with Gasteiger partial charge in [0, 0.05) is 25.4 Å². The molecule has 3 saturated heterocycles. The van der Waals surface area contributed by atoms with Crippen LogP contribution in [0, 0.1) is 11.8 Å². The summed E-state index contributed by atoms with van der Waals surface area (Å²) in [6.07, 6.45) is 7.35. The van der Waals surface area contributed by atoms with Crippen LogP contribution in [0.2, 0.25) is 0 Å². The Morgan fingerprint density at radius 2 is 1.68 bits per heavy atom. The fraction of sp³-hybridized carbons (Fsp3) is 0.769. The number of quaternary nitrogens is 1. The smallest absolute Gasteiger partial charge is 0.116 e. The predicted molar refractivity (Wildman–Crippen MR) is 122 cm³/mol. The second-order valence-electron chi connectivity index (χ2n) is 9.96. The van der Waals surface area contributed by atoms with Crippen molar-refractivity contribution in [2.75, 3.05) is 59.2 Å². The Morgan fingerprint density at radius 3 is 2.39 bits per heavy atom. The molecule has 1 saturated carbocycles. The van der Waals surface area contributed by atoms with Crippen LogP contribution in [0.25, 0.3) is 0 Å². The summed E-state index contributed by atoms with van der Waals surface area (Å²) in [6, 6.07) is 10.2. The van der Waals surface area contributed by atoms with Crippen LogP contribution in [0.1, 0.15) is 51.0 Å². The zero-order valence-electron chi connectivity index (χ0n) is 19.3. The Balaban J connectivity index is 1.35. The molecule has 31 heavy (non-hydrogen) atoms. The van der Waals surface area contributed by atoms with E-state index in [1.807, 2.05) is 25.1 Å². The quantitative estimate of drug-likeness (QED) is 0.404. The molecule has 1 N–H and O–H groups in total. The maximum absolute atomic E-state index is 11.8. The topological polar surface area (TPSA) is 47.9 Å². The molecule has 1 aliphatic carbocycles. The summed E-state index contributed by atoms with van der Waals surface area (Å²) in [4.78, 5) is 0. The van der Waals surface area contributed by atoms with E-state index in [1.54, 1.807) is 0 Å². The number of aliphatic hydroxyl groups is 1. The van der Waals surface area contributed by atoms with Gasteiger partial charge in [0.1, 0.15) is 24.8 Å². The summed E-state index contributed by atoms with van der Waals surface area (Å²) in [6.45, 7) is 9.96. The third kappa shape index (κ3) is 5.51. The van der Waals surface area contributed by atoms with E-state index in [0.717, 1.165) is 49.2 Å². The second kappa shape index (κ2) is 10.8. The van der Waals surface area contributed by atoms with Crippen LogP contribution in [0.4, 0.5) is 0 Å². The van der Waals surface area contributed by atoms with E-state index in [4.69, 9.17) is 14.2 Å².